The van der Waals surface area contributed by atoms with Gasteiger partial charge in [-0.1, -0.05) is 29.5 Å². The van der Waals surface area contributed by atoms with Gasteiger partial charge in [-0.2, -0.15) is 4.68 Å². The zero-order valence-corrected chi connectivity index (χ0v) is 15.2. The first-order chi connectivity index (χ1) is 12.3. The number of nitrogen functional groups attached to an aromatic ring is 1. The molecule has 1 aromatic heterocycles. The van der Waals surface area contributed by atoms with Crippen molar-refractivity contribution in [2.75, 3.05) is 16.9 Å². The third-order valence-electron chi connectivity index (χ3n) is 3.49. The van der Waals surface area contributed by atoms with Crippen LogP contribution in [0.4, 0.5) is 5.69 Å². The van der Waals surface area contributed by atoms with Crippen LogP contribution in [-0.4, -0.2) is 37.6 Å². The van der Waals surface area contributed by atoms with Gasteiger partial charge >= 0.3 is 5.97 Å². The number of aromatic nitrogens is 3. The Labute approximate surface area is 153 Å². The third-order valence-corrected chi connectivity index (χ3v) is 4.44. The molecule has 9 nitrogen and oxygen atoms in total. The van der Waals surface area contributed by atoms with E-state index in [4.69, 9.17) is 10.9 Å². The van der Waals surface area contributed by atoms with Gasteiger partial charge in [0.1, 0.15) is 5.69 Å². The first-order valence-corrected chi connectivity index (χ1v) is 8.72. The highest BCUT2D eigenvalue weighted by atomic mass is 32.2. The third kappa shape index (κ3) is 5.06. The number of carbonyl (C=O) groups is 2. The lowest BCUT2D eigenvalue weighted by atomic mass is 10.1. The van der Waals surface area contributed by atoms with Gasteiger partial charge in [-0.05, 0) is 25.5 Å². The van der Waals surface area contributed by atoms with E-state index in [1.54, 1.807) is 0 Å². The van der Waals surface area contributed by atoms with E-state index in [0.717, 1.165) is 27.6 Å². The Balaban J connectivity index is 2.00. The summed E-state index contributed by atoms with van der Waals surface area (Å²) in [5, 5.41) is 19.0. The fraction of sp³-hybridized carbons (Fsp3) is 0.312. The largest absolute Gasteiger partial charge is 0.481 e. The van der Waals surface area contributed by atoms with E-state index in [0.29, 0.717) is 5.69 Å². The molecule has 10 heteroatoms. The number of anilines is 1. The number of nitrogens with one attached hydrogen (secondary N) is 1. The van der Waals surface area contributed by atoms with Gasteiger partial charge in [0.15, 0.2) is 0 Å². The number of carboxylic acids is 1. The number of carboxylic acid groups (broad SMARTS) is 1. The Bertz CT molecular complexity index is 897. The fourth-order valence-corrected chi connectivity index (χ4v) is 2.82. The Kier molecular flexibility index (Phi) is 6.34. The molecule has 0 aliphatic carbocycles. The normalized spacial score (nSPS) is 10.5. The van der Waals surface area contributed by atoms with Crippen molar-refractivity contribution in [2.24, 2.45) is 0 Å². The second kappa shape index (κ2) is 8.48. The molecule has 1 heterocycles. The Hall–Kier alpha value is -2.88. The second-order valence-electron chi connectivity index (χ2n) is 5.65. The lowest BCUT2D eigenvalue weighted by Crippen LogP contribution is -2.34. The van der Waals surface area contributed by atoms with Crippen LogP contribution < -0.4 is 16.7 Å². The highest BCUT2D eigenvalue weighted by molar-refractivity contribution is 7.99. The number of hydrogen-bond acceptors (Lipinski definition) is 7. The molecular formula is C16H19N5O4S. The first-order valence-electron chi connectivity index (χ1n) is 7.73. The first kappa shape index (κ1) is 19.4. The van der Waals surface area contributed by atoms with E-state index >= 15 is 0 Å². The number of nitrogens with zero attached hydrogens (tertiary/aromatic N) is 3. The topological polar surface area (TPSA) is 140 Å². The van der Waals surface area contributed by atoms with Crippen LogP contribution in [0.5, 0.6) is 0 Å². The highest BCUT2D eigenvalue weighted by Crippen LogP contribution is 2.17. The predicted molar refractivity (Wildman–Crippen MR) is 97.7 cm³/mol. The number of aliphatic carboxylic acids is 1. The van der Waals surface area contributed by atoms with E-state index in [2.05, 4.69) is 15.5 Å². The summed E-state index contributed by atoms with van der Waals surface area (Å²) in [6.45, 7) is 3.86. The van der Waals surface area contributed by atoms with Crippen molar-refractivity contribution in [3.63, 3.8) is 0 Å². The molecular weight excluding hydrogens is 358 g/mol. The maximum absolute atomic E-state index is 12.1. The van der Waals surface area contributed by atoms with Gasteiger partial charge in [0, 0.05) is 12.1 Å². The zero-order chi connectivity index (χ0) is 19.3. The molecule has 0 unspecified atom stereocenters. The molecule has 1 amide bonds. The number of aryl methyl sites for hydroxylation is 3. The van der Waals surface area contributed by atoms with Crippen LogP contribution in [-0.2, 0) is 16.0 Å². The van der Waals surface area contributed by atoms with Crippen LogP contribution in [0.15, 0.2) is 28.2 Å². The quantitative estimate of drug-likeness (QED) is 0.473. The van der Waals surface area contributed by atoms with Crippen molar-refractivity contribution < 1.29 is 14.7 Å². The summed E-state index contributed by atoms with van der Waals surface area (Å²) in [4.78, 5) is 34.7. The highest BCUT2D eigenvalue weighted by Gasteiger charge is 2.14. The number of hydrogen-bond donors (Lipinski definition) is 3. The number of nitrogens with two attached hydrogens (primary N) is 1. The Morgan fingerprint density at radius 3 is 2.69 bits per heavy atom. The van der Waals surface area contributed by atoms with Gasteiger partial charge in [0.25, 0.3) is 5.56 Å². The molecule has 2 aromatic rings. The van der Waals surface area contributed by atoms with Crippen molar-refractivity contribution in [3.05, 3.63) is 45.4 Å². The summed E-state index contributed by atoms with van der Waals surface area (Å²) in [7, 11) is 0. The Morgan fingerprint density at radius 1 is 1.31 bits per heavy atom. The van der Waals surface area contributed by atoms with Crippen LogP contribution in [0.3, 0.4) is 0 Å². The van der Waals surface area contributed by atoms with Crippen molar-refractivity contribution in [1.82, 2.24) is 14.9 Å². The van der Waals surface area contributed by atoms with Crippen LogP contribution in [0.25, 0.3) is 0 Å². The van der Waals surface area contributed by atoms with E-state index in [1.165, 1.54) is 0 Å². The minimum absolute atomic E-state index is 0.00684. The van der Waals surface area contributed by atoms with E-state index < -0.39 is 11.5 Å². The summed E-state index contributed by atoms with van der Waals surface area (Å²) in [6.07, 6.45) is -0.300. The molecule has 0 aliphatic heterocycles. The monoisotopic (exact) mass is 377 g/mol. The lowest BCUT2D eigenvalue weighted by Gasteiger charge is -2.10. The van der Waals surface area contributed by atoms with Gasteiger partial charge in [0.2, 0.25) is 11.1 Å². The molecule has 138 valence electrons. The maximum atomic E-state index is 12.1. The standard InChI is InChI=1S/C16H19N5O4S/c1-9-3-4-11(10(2)7-9)18-13(22)8-26-16-20-19-12(5-6-14(23)24)15(25)21(16)17/h3-4,7H,5-6,8,17H2,1-2H3,(H,18,22)(H,23,24). The predicted octanol–water partition coefficient (Wildman–Crippen LogP) is 0.717. The molecule has 0 bridgehead atoms. The number of thioether (sulfide) groups is 1. The van der Waals surface area contributed by atoms with Crippen molar-refractivity contribution in [1.29, 1.82) is 0 Å². The van der Waals surface area contributed by atoms with Crippen molar-refractivity contribution in [2.45, 2.75) is 31.8 Å². The lowest BCUT2D eigenvalue weighted by molar-refractivity contribution is -0.137. The van der Waals surface area contributed by atoms with E-state index in [-0.39, 0.29) is 35.4 Å². The van der Waals surface area contributed by atoms with Crippen LogP contribution in [0, 0.1) is 13.8 Å². The van der Waals surface area contributed by atoms with Crippen molar-refractivity contribution in [3.8, 4) is 0 Å². The average Bonchev–Trinajstić information content (AvgIpc) is 2.57. The summed E-state index contributed by atoms with van der Waals surface area (Å²) >= 11 is 0.967. The molecule has 0 saturated heterocycles. The SMILES string of the molecule is Cc1ccc(NC(=O)CSc2nnc(CCC(=O)O)c(=O)n2N)c(C)c1. The van der Waals surface area contributed by atoms with Crippen molar-refractivity contribution >= 4 is 29.3 Å². The number of carbonyl (C=O) groups excluding carboxylic acids is 1. The Morgan fingerprint density at radius 2 is 2.04 bits per heavy atom. The van der Waals surface area contributed by atoms with E-state index in [9.17, 15) is 14.4 Å². The van der Waals surface area contributed by atoms with Gasteiger partial charge in [0.05, 0.1) is 12.2 Å². The summed E-state index contributed by atoms with van der Waals surface area (Å²) in [6, 6.07) is 5.68. The summed E-state index contributed by atoms with van der Waals surface area (Å²) < 4.78 is 0.777. The molecule has 0 spiro atoms. The van der Waals surface area contributed by atoms with Crippen LogP contribution in [0.2, 0.25) is 0 Å². The van der Waals surface area contributed by atoms with E-state index in [1.807, 2.05) is 32.0 Å². The van der Waals surface area contributed by atoms with Gasteiger partial charge in [-0.3, -0.25) is 14.4 Å². The molecule has 4 N–H and O–H groups in total. The molecule has 1 aromatic carbocycles. The smallest absolute Gasteiger partial charge is 0.303 e. The molecule has 26 heavy (non-hydrogen) atoms. The molecule has 0 fully saturated rings. The molecule has 0 aliphatic rings. The minimum atomic E-state index is -1.05. The molecule has 2 rings (SSSR count). The minimum Gasteiger partial charge on any atom is -0.481 e. The summed E-state index contributed by atoms with van der Waals surface area (Å²) in [5.41, 5.74) is 2.10. The maximum Gasteiger partial charge on any atom is 0.303 e. The average molecular weight is 377 g/mol. The number of amides is 1. The van der Waals surface area contributed by atoms with Gasteiger partial charge in [-0.15, -0.1) is 10.2 Å². The molecule has 0 saturated carbocycles. The number of rotatable bonds is 7. The molecule has 0 radical (unpaired) electrons. The molecule has 0 atom stereocenters. The fourth-order valence-electron chi connectivity index (χ4n) is 2.17. The summed E-state index contributed by atoms with van der Waals surface area (Å²) in [5.74, 6) is 4.35. The van der Waals surface area contributed by atoms with Gasteiger partial charge < -0.3 is 16.3 Å². The van der Waals surface area contributed by atoms with Gasteiger partial charge in [-0.25, -0.2) is 0 Å². The van der Waals surface area contributed by atoms with Crippen LogP contribution in [0.1, 0.15) is 23.2 Å². The van der Waals surface area contributed by atoms with Crippen LogP contribution >= 0.6 is 11.8 Å². The second-order valence-corrected chi connectivity index (χ2v) is 6.60. The number of benzene rings is 1. The zero-order valence-electron chi connectivity index (χ0n) is 14.4.